The van der Waals surface area contributed by atoms with Crippen molar-refractivity contribution in [3.8, 4) is 5.88 Å². The quantitative estimate of drug-likeness (QED) is 0.458. The largest absolute Gasteiger partial charge is 0.474 e. The monoisotopic (exact) mass is 461 g/mol. The van der Waals surface area contributed by atoms with Crippen LogP contribution in [0.4, 0.5) is 0 Å². The number of amides is 2. The first-order valence-corrected chi connectivity index (χ1v) is 11.9. The smallest absolute Gasteiger partial charge is 0.255 e. The predicted molar refractivity (Wildman–Crippen MR) is 124 cm³/mol. The van der Waals surface area contributed by atoms with Crippen LogP contribution in [0, 0.1) is 5.41 Å². The highest BCUT2D eigenvalue weighted by Gasteiger charge is 2.54. The topological polar surface area (TPSA) is 112 Å². The molecule has 9 heteroatoms. The Balaban J connectivity index is 1.06. The molecule has 4 aromatic rings. The summed E-state index contributed by atoms with van der Waals surface area (Å²) in [5.74, 6) is 0.0377. The number of primary amides is 1. The minimum atomic E-state index is -0.397. The Bertz CT molecular complexity index is 1380. The lowest BCUT2D eigenvalue weighted by Gasteiger charge is -2.57. The van der Waals surface area contributed by atoms with E-state index in [-0.39, 0.29) is 29.9 Å². The van der Waals surface area contributed by atoms with Crippen molar-refractivity contribution in [1.82, 2.24) is 19.9 Å². The number of nitrogens with two attached hydrogens (primary N) is 1. The summed E-state index contributed by atoms with van der Waals surface area (Å²) < 4.78 is 8.93. The molecule has 2 fully saturated rings. The second-order valence-electron chi connectivity index (χ2n) is 9.22. The fraction of sp³-hybridized carbons (Fsp3) is 0.333. The maximum Gasteiger partial charge on any atom is 0.255 e. The molecule has 2 saturated carbocycles. The van der Waals surface area contributed by atoms with Crippen LogP contribution in [0.2, 0.25) is 0 Å². The van der Waals surface area contributed by atoms with Gasteiger partial charge in [-0.2, -0.15) is 5.10 Å². The van der Waals surface area contributed by atoms with Crippen LogP contribution < -0.4 is 15.8 Å². The van der Waals surface area contributed by atoms with Crippen LogP contribution in [0.5, 0.6) is 5.88 Å². The number of nitrogens with one attached hydrogen (secondary N) is 1. The summed E-state index contributed by atoms with van der Waals surface area (Å²) in [5, 5.41) is 9.37. The first kappa shape index (κ1) is 20.2. The van der Waals surface area contributed by atoms with Crippen molar-refractivity contribution >= 4 is 38.9 Å². The highest BCUT2D eigenvalue weighted by Crippen LogP contribution is 2.57. The van der Waals surface area contributed by atoms with Crippen LogP contribution in [0.3, 0.4) is 0 Å². The molecule has 0 saturated heterocycles. The first-order valence-electron chi connectivity index (χ1n) is 11.0. The van der Waals surface area contributed by atoms with Crippen LogP contribution in [0.25, 0.3) is 15.7 Å². The Labute approximate surface area is 193 Å². The third kappa shape index (κ3) is 3.62. The Hall–Kier alpha value is -3.46. The Morgan fingerprint density at radius 3 is 2.91 bits per heavy atom. The lowest BCUT2D eigenvalue weighted by atomic mass is 9.53. The number of hydrogen-bond donors (Lipinski definition) is 2. The number of aromatic nitrogens is 3. The Kier molecular flexibility index (Phi) is 4.62. The molecule has 6 rings (SSSR count). The van der Waals surface area contributed by atoms with E-state index in [1.807, 2.05) is 41.9 Å². The van der Waals surface area contributed by atoms with Gasteiger partial charge in [0.05, 0.1) is 33.9 Å². The first-order chi connectivity index (χ1) is 16.0. The summed E-state index contributed by atoms with van der Waals surface area (Å²) in [6.07, 6.45) is 7.38. The highest BCUT2D eigenvalue weighted by atomic mass is 32.1. The molecule has 0 atom stereocenters. The van der Waals surface area contributed by atoms with Crippen molar-refractivity contribution in [2.24, 2.45) is 11.1 Å². The van der Waals surface area contributed by atoms with Gasteiger partial charge < -0.3 is 15.8 Å². The highest BCUT2D eigenvalue weighted by molar-refractivity contribution is 7.17. The number of fused-ring (bicyclic) bond motifs is 2. The maximum absolute atomic E-state index is 12.7. The summed E-state index contributed by atoms with van der Waals surface area (Å²) in [6.45, 7) is 0. The summed E-state index contributed by atoms with van der Waals surface area (Å²) in [7, 11) is 0. The van der Waals surface area contributed by atoms with E-state index >= 15 is 0 Å². The van der Waals surface area contributed by atoms with Gasteiger partial charge in [-0.3, -0.25) is 9.59 Å². The Morgan fingerprint density at radius 2 is 2.09 bits per heavy atom. The molecule has 168 valence electrons. The van der Waals surface area contributed by atoms with Gasteiger partial charge in [-0.25, -0.2) is 9.50 Å². The molecule has 2 aliphatic carbocycles. The minimum Gasteiger partial charge on any atom is -0.474 e. The van der Waals surface area contributed by atoms with E-state index < -0.39 is 5.91 Å². The molecule has 1 spiro atoms. The number of rotatable bonds is 6. The van der Waals surface area contributed by atoms with Crippen molar-refractivity contribution in [3.05, 3.63) is 59.2 Å². The number of nitrogens with zero attached hydrogens (tertiary/aromatic N) is 3. The number of ether oxygens (including phenoxy) is 1. The zero-order valence-corrected chi connectivity index (χ0v) is 18.7. The number of carbonyl (C=O) groups is 2. The average molecular weight is 462 g/mol. The van der Waals surface area contributed by atoms with Crippen LogP contribution in [-0.4, -0.2) is 38.6 Å². The average Bonchev–Trinajstić information content (AvgIpc) is 3.36. The molecule has 0 aliphatic heterocycles. The standard InChI is InChI=1S/C24H23N5O3S/c25-21(30)8-14-7-20-18(4-6-33-20)28-23(14)32-16-11-24(12-16)9-15(10-24)27-22(31)17-13-26-29-5-2-1-3-19(17)29/h1-7,13,15-16H,8-12H2,(H2,25,30)(H,27,31). The van der Waals surface area contributed by atoms with Gasteiger partial charge in [-0.05, 0) is 60.7 Å². The molecule has 3 N–H and O–H groups in total. The van der Waals surface area contributed by atoms with Gasteiger partial charge in [0.2, 0.25) is 11.8 Å². The number of carbonyl (C=O) groups excluding carboxylic acids is 2. The van der Waals surface area contributed by atoms with Gasteiger partial charge in [0.1, 0.15) is 6.10 Å². The van der Waals surface area contributed by atoms with Crippen molar-refractivity contribution in [2.45, 2.75) is 44.2 Å². The SMILES string of the molecule is NC(=O)Cc1cc2sccc2nc1OC1CC2(CC(NC(=O)c3cnn4ccccc34)C2)C1. The summed E-state index contributed by atoms with van der Waals surface area (Å²) in [6, 6.07) is 9.76. The van der Waals surface area contributed by atoms with Gasteiger partial charge in [-0.15, -0.1) is 11.3 Å². The minimum absolute atomic E-state index is 0.0662. The molecule has 0 unspecified atom stereocenters. The normalized spacial score (nSPS) is 23.9. The molecule has 2 amide bonds. The molecule has 0 aromatic carbocycles. The second-order valence-corrected chi connectivity index (χ2v) is 10.2. The van der Waals surface area contributed by atoms with Crippen LogP contribution >= 0.6 is 11.3 Å². The molecule has 8 nitrogen and oxygen atoms in total. The molecular formula is C24H23N5O3S. The fourth-order valence-electron chi connectivity index (χ4n) is 5.27. The number of pyridine rings is 2. The Morgan fingerprint density at radius 1 is 1.24 bits per heavy atom. The van der Waals surface area contributed by atoms with Gasteiger partial charge in [0.15, 0.2) is 0 Å². The van der Waals surface area contributed by atoms with Gasteiger partial charge in [0, 0.05) is 17.8 Å². The summed E-state index contributed by atoms with van der Waals surface area (Å²) >= 11 is 1.58. The number of hydrogen-bond acceptors (Lipinski definition) is 6. The van der Waals surface area contributed by atoms with Crippen molar-refractivity contribution in [2.75, 3.05) is 0 Å². The van der Waals surface area contributed by atoms with E-state index in [1.54, 1.807) is 22.0 Å². The molecule has 4 aromatic heterocycles. The van der Waals surface area contributed by atoms with Crippen LogP contribution in [0.15, 0.2) is 48.1 Å². The van der Waals surface area contributed by atoms with E-state index in [2.05, 4.69) is 15.4 Å². The van der Waals surface area contributed by atoms with Crippen molar-refractivity contribution in [1.29, 1.82) is 0 Å². The van der Waals surface area contributed by atoms with E-state index in [0.29, 0.717) is 11.4 Å². The zero-order chi connectivity index (χ0) is 22.6. The molecule has 0 bridgehead atoms. The summed E-state index contributed by atoms with van der Waals surface area (Å²) in [5.41, 5.74) is 8.67. The van der Waals surface area contributed by atoms with E-state index in [4.69, 9.17) is 10.5 Å². The lowest BCUT2D eigenvalue weighted by molar-refractivity contribution is -0.117. The van der Waals surface area contributed by atoms with Crippen molar-refractivity contribution in [3.63, 3.8) is 0 Å². The van der Waals surface area contributed by atoms with Crippen LogP contribution in [0.1, 0.15) is 41.6 Å². The van der Waals surface area contributed by atoms with Crippen molar-refractivity contribution < 1.29 is 14.3 Å². The second kappa shape index (κ2) is 7.55. The third-order valence-corrected chi connectivity index (χ3v) is 7.66. The number of thiophene rings is 1. The van der Waals surface area contributed by atoms with Gasteiger partial charge in [0.25, 0.3) is 5.91 Å². The predicted octanol–water partition coefficient (Wildman–Crippen LogP) is 3.09. The third-order valence-electron chi connectivity index (χ3n) is 6.80. The van der Waals surface area contributed by atoms with E-state index in [0.717, 1.165) is 47.0 Å². The molecule has 33 heavy (non-hydrogen) atoms. The molecular weight excluding hydrogens is 438 g/mol. The van der Waals surface area contributed by atoms with E-state index in [9.17, 15) is 9.59 Å². The molecule has 0 radical (unpaired) electrons. The lowest BCUT2D eigenvalue weighted by Crippen LogP contribution is -2.58. The summed E-state index contributed by atoms with van der Waals surface area (Å²) in [4.78, 5) is 28.9. The molecule has 4 heterocycles. The maximum atomic E-state index is 12.7. The van der Waals surface area contributed by atoms with E-state index in [1.165, 1.54) is 0 Å². The van der Waals surface area contributed by atoms with Gasteiger partial charge >= 0.3 is 0 Å². The zero-order valence-electron chi connectivity index (χ0n) is 17.9. The van der Waals surface area contributed by atoms with Gasteiger partial charge in [-0.1, -0.05) is 6.07 Å². The molecule has 2 aliphatic rings. The fourth-order valence-corrected chi connectivity index (χ4v) is 6.06. The van der Waals surface area contributed by atoms with Crippen LogP contribution in [-0.2, 0) is 11.2 Å².